The van der Waals surface area contributed by atoms with Crippen LogP contribution < -0.4 is 0 Å². The number of Topliss-reactive ketones (excluding diaryl/α,β-unsaturated/α-hetero) is 1. The van der Waals surface area contributed by atoms with Gasteiger partial charge in [-0.15, -0.1) is 0 Å². The van der Waals surface area contributed by atoms with E-state index >= 15 is 0 Å². The summed E-state index contributed by atoms with van der Waals surface area (Å²) in [6, 6.07) is 0. The van der Waals surface area contributed by atoms with Crippen LogP contribution in [0.1, 0.15) is 92.9 Å². The molecule has 0 amide bonds. The van der Waals surface area contributed by atoms with Crippen molar-refractivity contribution in [3.8, 4) is 0 Å². The smallest absolute Gasteiger partial charge is 0.308 e. The lowest BCUT2D eigenvalue weighted by Crippen LogP contribution is -2.70. The van der Waals surface area contributed by atoms with Crippen LogP contribution in [-0.4, -0.2) is 47.9 Å². The van der Waals surface area contributed by atoms with Crippen molar-refractivity contribution in [2.24, 2.45) is 29.6 Å². The highest BCUT2D eigenvalue weighted by Gasteiger charge is 2.69. The Labute approximate surface area is 231 Å². The number of fused-ring (bicyclic) bond motifs is 2. The number of hydrogen-bond acceptors (Lipinski definition) is 8. The fourth-order valence-electron chi connectivity index (χ4n) is 7.56. The molecule has 6 aliphatic rings. The molecule has 4 heterocycles. The van der Waals surface area contributed by atoms with Gasteiger partial charge in [-0.1, -0.05) is 27.7 Å². The third-order valence-electron chi connectivity index (χ3n) is 10.0. The van der Waals surface area contributed by atoms with Crippen molar-refractivity contribution >= 4 is 17.5 Å². The Morgan fingerprint density at radius 3 is 2.62 bits per heavy atom. The summed E-state index contributed by atoms with van der Waals surface area (Å²) < 4.78 is 18.4. The zero-order chi connectivity index (χ0) is 28.1. The van der Waals surface area contributed by atoms with Crippen LogP contribution in [0.25, 0.3) is 0 Å². The molecule has 8 heteroatoms. The average molecular weight is 545 g/mol. The molecule has 2 aliphatic carbocycles. The van der Waals surface area contributed by atoms with Gasteiger partial charge in [-0.05, 0) is 82.1 Å². The van der Waals surface area contributed by atoms with Crippen molar-refractivity contribution in [1.29, 1.82) is 0 Å². The van der Waals surface area contributed by atoms with E-state index in [0.717, 1.165) is 25.7 Å². The maximum absolute atomic E-state index is 12.8. The number of hydrogen-bond donors (Lipinski definition) is 0. The lowest BCUT2D eigenvalue weighted by molar-refractivity contribution is -0.571. The molecule has 0 aromatic heterocycles. The number of unbranched alkanes of at least 4 members (excludes halogenated alkanes) is 1. The van der Waals surface area contributed by atoms with Crippen molar-refractivity contribution < 1.29 is 38.4 Å². The highest BCUT2D eigenvalue weighted by Crippen LogP contribution is 2.60. The molecule has 0 aromatic carbocycles. The number of ketones is 2. The van der Waals surface area contributed by atoms with Crippen LogP contribution in [0.15, 0.2) is 22.8 Å². The van der Waals surface area contributed by atoms with E-state index in [1.165, 1.54) is 6.08 Å². The standard InChI is InChI=1S/C31H44O8/c1-17(2)22-15-25(32)19(4)21(28(22)34)9-7-8-14-35-27(33)16-26-20(5)24-11-10-18(3)23-12-13-30(6)37-29(36-26)31(23,24)39-38-30/h15,17-18,20,23-24,26,29H,7-14,16H2,1-6H3/t18-,20-,23+,24+,26-,29-,30-,31-/m1/s1. The minimum Gasteiger partial charge on any atom is -0.466 e. The van der Waals surface area contributed by atoms with Crippen molar-refractivity contribution in [2.45, 2.75) is 117 Å². The molecule has 0 unspecified atom stereocenters. The summed E-state index contributed by atoms with van der Waals surface area (Å²) in [5, 5.41) is 0. The Bertz CT molecular complexity index is 1070. The van der Waals surface area contributed by atoms with Gasteiger partial charge in [0.25, 0.3) is 0 Å². The van der Waals surface area contributed by atoms with E-state index in [4.69, 9.17) is 24.0 Å². The van der Waals surface area contributed by atoms with Gasteiger partial charge < -0.3 is 14.2 Å². The van der Waals surface area contributed by atoms with E-state index < -0.39 is 17.7 Å². The van der Waals surface area contributed by atoms with Crippen molar-refractivity contribution in [3.05, 3.63) is 22.8 Å². The van der Waals surface area contributed by atoms with Crippen LogP contribution in [0, 0.1) is 29.6 Å². The first-order chi connectivity index (χ1) is 18.5. The van der Waals surface area contributed by atoms with Gasteiger partial charge in [0.05, 0.1) is 19.1 Å². The third-order valence-corrected chi connectivity index (χ3v) is 10.0. The normalized spacial score (nSPS) is 39.9. The Morgan fingerprint density at radius 1 is 1.10 bits per heavy atom. The minimum absolute atomic E-state index is 0.00758. The third kappa shape index (κ3) is 5.07. The van der Waals surface area contributed by atoms with Crippen LogP contribution in [0.2, 0.25) is 0 Å². The van der Waals surface area contributed by atoms with Crippen LogP contribution in [0.3, 0.4) is 0 Å². The molecular formula is C31H44O8. The maximum atomic E-state index is 12.8. The largest absolute Gasteiger partial charge is 0.466 e. The van der Waals surface area contributed by atoms with Crippen LogP contribution in [0.5, 0.6) is 0 Å². The second-order valence-corrected chi connectivity index (χ2v) is 12.9. The van der Waals surface area contributed by atoms with Crippen LogP contribution in [0.4, 0.5) is 0 Å². The predicted molar refractivity (Wildman–Crippen MR) is 142 cm³/mol. The maximum Gasteiger partial charge on any atom is 0.308 e. The molecular weight excluding hydrogens is 500 g/mol. The number of carbonyl (C=O) groups excluding carboxylic acids is 3. The monoisotopic (exact) mass is 544 g/mol. The van der Waals surface area contributed by atoms with E-state index in [2.05, 4.69) is 13.8 Å². The van der Waals surface area contributed by atoms with E-state index in [1.807, 2.05) is 20.8 Å². The summed E-state index contributed by atoms with van der Waals surface area (Å²) in [5.74, 6) is -0.200. The first-order valence-electron chi connectivity index (χ1n) is 14.8. The Hall–Kier alpha value is -1.87. The van der Waals surface area contributed by atoms with Gasteiger partial charge in [0.15, 0.2) is 23.5 Å². The number of rotatable bonds is 8. The van der Waals surface area contributed by atoms with E-state index in [9.17, 15) is 14.4 Å². The summed E-state index contributed by atoms with van der Waals surface area (Å²) in [5.41, 5.74) is 1.06. The number of ether oxygens (including phenoxy) is 3. The van der Waals surface area contributed by atoms with Gasteiger partial charge in [-0.2, -0.15) is 0 Å². The summed E-state index contributed by atoms with van der Waals surface area (Å²) in [6.07, 6.45) is 6.35. The Balaban J connectivity index is 1.14. The molecule has 1 saturated carbocycles. The predicted octanol–water partition coefficient (Wildman–Crippen LogP) is 5.39. The lowest BCUT2D eigenvalue weighted by atomic mass is 9.57. The second-order valence-electron chi connectivity index (χ2n) is 12.9. The number of allylic oxidation sites excluding steroid dienone is 4. The molecule has 0 radical (unpaired) electrons. The van der Waals surface area contributed by atoms with E-state index in [1.54, 1.807) is 6.92 Å². The summed E-state index contributed by atoms with van der Waals surface area (Å²) in [7, 11) is 0. The Kier molecular flexibility index (Phi) is 7.96. The van der Waals surface area contributed by atoms with E-state index in [0.29, 0.717) is 41.9 Å². The fourth-order valence-corrected chi connectivity index (χ4v) is 7.56. The summed E-state index contributed by atoms with van der Waals surface area (Å²) >= 11 is 0. The van der Waals surface area contributed by atoms with Crippen molar-refractivity contribution in [2.75, 3.05) is 6.61 Å². The average Bonchev–Trinajstić information content (AvgIpc) is 3.11. The summed E-state index contributed by atoms with van der Waals surface area (Å²) in [6.45, 7) is 12.2. The zero-order valence-electron chi connectivity index (χ0n) is 24.2. The summed E-state index contributed by atoms with van der Waals surface area (Å²) in [4.78, 5) is 50.0. The zero-order valence-corrected chi connectivity index (χ0v) is 24.2. The van der Waals surface area contributed by atoms with Crippen molar-refractivity contribution in [1.82, 2.24) is 0 Å². The number of esters is 1. The SMILES string of the molecule is CC1=C(CCCCOC(=O)C[C@H]2O[C@@H]3O[C@@]4(C)CC[C@H]5[C@H](C)CC[C@@H]([C@H]2C)[C@@]35OO4)C(=O)C(C(C)C)=CC1=O. The van der Waals surface area contributed by atoms with Crippen LogP contribution >= 0.6 is 0 Å². The van der Waals surface area contributed by atoms with Gasteiger partial charge in [0.2, 0.25) is 5.79 Å². The molecule has 39 heavy (non-hydrogen) atoms. The molecule has 216 valence electrons. The van der Waals surface area contributed by atoms with Crippen molar-refractivity contribution in [3.63, 3.8) is 0 Å². The topological polar surface area (TPSA) is 97.4 Å². The molecule has 5 fully saturated rings. The van der Waals surface area contributed by atoms with Crippen LogP contribution in [-0.2, 0) is 38.4 Å². The fraction of sp³-hybridized carbons (Fsp3) is 0.774. The highest BCUT2D eigenvalue weighted by atomic mass is 17.3. The molecule has 1 spiro atoms. The second kappa shape index (κ2) is 10.8. The Morgan fingerprint density at radius 2 is 1.87 bits per heavy atom. The molecule has 2 bridgehead atoms. The minimum atomic E-state index is -0.840. The van der Waals surface area contributed by atoms with Gasteiger partial charge in [0.1, 0.15) is 0 Å². The molecule has 8 atom stereocenters. The van der Waals surface area contributed by atoms with Gasteiger partial charge in [0, 0.05) is 29.1 Å². The van der Waals surface area contributed by atoms with E-state index in [-0.39, 0.29) is 60.3 Å². The molecule has 4 aliphatic heterocycles. The highest BCUT2D eigenvalue weighted by molar-refractivity contribution is 6.22. The quantitative estimate of drug-likeness (QED) is 0.174. The molecule has 0 aromatic rings. The molecule has 6 rings (SSSR count). The molecule has 4 saturated heterocycles. The first-order valence-corrected chi connectivity index (χ1v) is 14.8. The molecule has 0 N–H and O–H groups in total. The van der Waals surface area contributed by atoms with Gasteiger partial charge >= 0.3 is 5.97 Å². The first kappa shape index (κ1) is 28.7. The number of carbonyl (C=O) groups is 3. The molecule has 8 nitrogen and oxygen atoms in total. The van der Waals surface area contributed by atoms with Gasteiger partial charge in [-0.3, -0.25) is 14.4 Å². The van der Waals surface area contributed by atoms with Gasteiger partial charge in [-0.25, -0.2) is 9.78 Å². The lowest BCUT2D eigenvalue weighted by Gasteiger charge is -2.60.